The van der Waals surface area contributed by atoms with Crippen molar-refractivity contribution in [3.63, 3.8) is 0 Å². The Morgan fingerprint density at radius 1 is 1.08 bits per heavy atom. The first-order chi connectivity index (χ1) is 11.2. The third-order valence-corrected chi connectivity index (χ3v) is 3.71. The molecule has 130 valence electrons. The van der Waals surface area contributed by atoms with Gasteiger partial charge in [0.05, 0.1) is 6.54 Å². The van der Waals surface area contributed by atoms with Crippen LogP contribution in [0.1, 0.15) is 29.2 Å². The highest BCUT2D eigenvalue weighted by atomic mass is 127. The SMILES string of the molecule is CCNC(=NCc1ccc(C)cc1)NCCc1ccncc1C.I. The van der Waals surface area contributed by atoms with Crippen LogP contribution in [0.3, 0.4) is 0 Å². The fourth-order valence-corrected chi connectivity index (χ4v) is 2.30. The number of guanidine groups is 1. The average Bonchev–Trinajstić information content (AvgIpc) is 2.56. The van der Waals surface area contributed by atoms with Gasteiger partial charge in [0.15, 0.2) is 5.96 Å². The van der Waals surface area contributed by atoms with E-state index >= 15 is 0 Å². The molecule has 0 atom stereocenters. The summed E-state index contributed by atoms with van der Waals surface area (Å²) in [6.45, 7) is 8.66. The molecule has 0 saturated carbocycles. The van der Waals surface area contributed by atoms with Gasteiger partial charge in [-0.2, -0.15) is 0 Å². The van der Waals surface area contributed by atoms with Crippen molar-refractivity contribution in [2.24, 2.45) is 4.99 Å². The topological polar surface area (TPSA) is 49.3 Å². The normalized spacial score (nSPS) is 10.9. The Hall–Kier alpha value is -1.63. The molecule has 2 rings (SSSR count). The van der Waals surface area contributed by atoms with E-state index in [0.29, 0.717) is 6.54 Å². The predicted octanol–water partition coefficient (Wildman–Crippen LogP) is 3.61. The number of hydrogen-bond donors (Lipinski definition) is 2. The molecular weight excluding hydrogens is 411 g/mol. The molecule has 0 unspecified atom stereocenters. The second kappa shape index (κ2) is 11.0. The maximum absolute atomic E-state index is 4.65. The number of rotatable bonds is 6. The van der Waals surface area contributed by atoms with Gasteiger partial charge in [-0.15, -0.1) is 24.0 Å². The van der Waals surface area contributed by atoms with Gasteiger partial charge in [0.1, 0.15) is 0 Å². The van der Waals surface area contributed by atoms with Crippen LogP contribution in [0, 0.1) is 13.8 Å². The molecule has 1 heterocycles. The highest BCUT2D eigenvalue weighted by Gasteiger charge is 2.00. The standard InChI is InChI=1S/C19H26N4.HI/c1-4-21-19(23-14-17-7-5-15(2)6-8-17)22-12-10-18-9-11-20-13-16(18)3;/h5-9,11,13H,4,10,12,14H2,1-3H3,(H2,21,22,23);1H. The van der Waals surface area contributed by atoms with Gasteiger partial charge in [0, 0.05) is 25.5 Å². The molecule has 0 amide bonds. The molecule has 0 spiro atoms. The van der Waals surface area contributed by atoms with Gasteiger partial charge in [0.25, 0.3) is 0 Å². The molecule has 1 aromatic heterocycles. The zero-order chi connectivity index (χ0) is 16.5. The average molecular weight is 438 g/mol. The predicted molar refractivity (Wildman–Crippen MR) is 112 cm³/mol. The van der Waals surface area contributed by atoms with Gasteiger partial charge >= 0.3 is 0 Å². The molecular formula is C19H27IN4. The number of aliphatic imine (C=N–C) groups is 1. The van der Waals surface area contributed by atoms with Crippen molar-refractivity contribution in [1.29, 1.82) is 0 Å². The van der Waals surface area contributed by atoms with Gasteiger partial charge in [-0.1, -0.05) is 29.8 Å². The lowest BCUT2D eigenvalue weighted by Gasteiger charge is -2.12. The van der Waals surface area contributed by atoms with Gasteiger partial charge in [-0.05, 0) is 49.9 Å². The number of halogens is 1. The van der Waals surface area contributed by atoms with Crippen LogP contribution in [0.15, 0.2) is 47.7 Å². The lowest BCUT2D eigenvalue weighted by atomic mass is 10.1. The van der Waals surface area contributed by atoms with Crippen LogP contribution in [0.2, 0.25) is 0 Å². The zero-order valence-corrected chi connectivity index (χ0v) is 17.0. The Morgan fingerprint density at radius 3 is 2.50 bits per heavy atom. The molecule has 0 fully saturated rings. The molecule has 0 radical (unpaired) electrons. The minimum atomic E-state index is 0. The largest absolute Gasteiger partial charge is 0.357 e. The van der Waals surface area contributed by atoms with Crippen LogP contribution < -0.4 is 10.6 Å². The highest BCUT2D eigenvalue weighted by molar-refractivity contribution is 14.0. The Balaban J connectivity index is 0.00000288. The Morgan fingerprint density at radius 2 is 1.83 bits per heavy atom. The maximum Gasteiger partial charge on any atom is 0.191 e. The van der Waals surface area contributed by atoms with E-state index in [2.05, 4.69) is 71.7 Å². The summed E-state index contributed by atoms with van der Waals surface area (Å²) in [6.07, 6.45) is 4.72. The van der Waals surface area contributed by atoms with Crippen LogP contribution in [0.25, 0.3) is 0 Å². The summed E-state index contributed by atoms with van der Waals surface area (Å²) in [5.41, 5.74) is 5.05. The summed E-state index contributed by atoms with van der Waals surface area (Å²) < 4.78 is 0. The third kappa shape index (κ3) is 6.86. The number of aromatic nitrogens is 1. The van der Waals surface area contributed by atoms with E-state index < -0.39 is 0 Å². The Labute approximate surface area is 162 Å². The monoisotopic (exact) mass is 438 g/mol. The second-order valence-electron chi connectivity index (χ2n) is 5.66. The number of pyridine rings is 1. The van der Waals surface area contributed by atoms with E-state index in [1.54, 1.807) is 0 Å². The first kappa shape index (κ1) is 20.4. The number of aryl methyl sites for hydroxylation is 2. The van der Waals surface area contributed by atoms with Crippen molar-refractivity contribution in [2.45, 2.75) is 33.7 Å². The third-order valence-electron chi connectivity index (χ3n) is 3.71. The number of benzene rings is 1. The van der Waals surface area contributed by atoms with Gasteiger partial charge < -0.3 is 10.6 Å². The van der Waals surface area contributed by atoms with Crippen molar-refractivity contribution in [1.82, 2.24) is 15.6 Å². The Kier molecular flexibility index (Phi) is 9.37. The lowest BCUT2D eigenvalue weighted by molar-refractivity contribution is 0.796. The number of nitrogens with zero attached hydrogens (tertiary/aromatic N) is 2. The minimum absolute atomic E-state index is 0. The first-order valence-electron chi connectivity index (χ1n) is 8.16. The maximum atomic E-state index is 4.65. The summed E-state index contributed by atoms with van der Waals surface area (Å²) in [7, 11) is 0. The summed E-state index contributed by atoms with van der Waals surface area (Å²) in [4.78, 5) is 8.78. The van der Waals surface area contributed by atoms with Crippen molar-refractivity contribution >= 4 is 29.9 Å². The molecule has 1 aromatic carbocycles. The van der Waals surface area contributed by atoms with Gasteiger partial charge in [-0.25, -0.2) is 4.99 Å². The van der Waals surface area contributed by atoms with Gasteiger partial charge in [-0.3, -0.25) is 4.98 Å². The van der Waals surface area contributed by atoms with Crippen LogP contribution in [-0.2, 0) is 13.0 Å². The van der Waals surface area contributed by atoms with E-state index in [9.17, 15) is 0 Å². The Bertz CT molecular complexity index is 638. The molecule has 5 heteroatoms. The van der Waals surface area contributed by atoms with E-state index in [-0.39, 0.29) is 24.0 Å². The summed E-state index contributed by atoms with van der Waals surface area (Å²) in [5, 5.41) is 6.69. The van der Waals surface area contributed by atoms with E-state index in [0.717, 1.165) is 25.5 Å². The van der Waals surface area contributed by atoms with Crippen LogP contribution in [0.4, 0.5) is 0 Å². The van der Waals surface area contributed by atoms with Crippen molar-refractivity contribution < 1.29 is 0 Å². The summed E-state index contributed by atoms with van der Waals surface area (Å²) in [5.74, 6) is 0.861. The van der Waals surface area contributed by atoms with Gasteiger partial charge in [0.2, 0.25) is 0 Å². The summed E-state index contributed by atoms with van der Waals surface area (Å²) in [6, 6.07) is 10.6. The number of nitrogens with one attached hydrogen (secondary N) is 2. The molecule has 2 aromatic rings. The smallest absolute Gasteiger partial charge is 0.191 e. The second-order valence-corrected chi connectivity index (χ2v) is 5.66. The van der Waals surface area contributed by atoms with E-state index in [1.807, 2.05) is 12.4 Å². The molecule has 0 aliphatic rings. The number of hydrogen-bond acceptors (Lipinski definition) is 2. The molecule has 0 saturated heterocycles. The molecule has 0 bridgehead atoms. The summed E-state index contributed by atoms with van der Waals surface area (Å²) >= 11 is 0. The zero-order valence-electron chi connectivity index (χ0n) is 14.7. The first-order valence-corrected chi connectivity index (χ1v) is 8.16. The lowest BCUT2D eigenvalue weighted by Crippen LogP contribution is -2.38. The van der Waals surface area contributed by atoms with E-state index in [4.69, 9.17) is 0 Å². The van der Waals surface area contributed by atoms with Crippen molar-refractivity contribution in [2.75, 3.05) is 13.1 Å². The van der Waals surface area contributed by atoms with Crippen molar-refractivity contribution in [3.8, 4) is 0 Å². The van der Waals surface area contributed by atoms with E-state index in [1.165, 1.54) is 22.3 Å². The minimum Gasteiger partial charge on any atom is -0.357 e. The van der Waals surface area contributed by atoms with Crippen LogP contribution in [-0.4, -0.2) is 24.0 Å². The molecule has 24 heavy (non-hydrogen) atoms. The molecule has 2 N–H and O–H groups in total. The fourth-order valence-electron chi connectivity index (χ4n) is 2.30. The van der Waals surface area contributed by atoms with Crippen LogP contribution >= 0.6 is 24.0 Å². The van der Waals surface area contributed by atoms with Crippen LogP contribution in [0.5, 0.6) is 0 Å². The molecule has 0 aliphatic heterocycles. The quantitative estimate of drug-likeness (QED) is 0.412. The van der Waals surface area contributed by atoms with Crippen molar-refractivity contribution in [3.05, 3.63) is 65.0 Å². The highest BCUT2D eigenvalue weighted by Crippen LogP contribution is 2.05. The molecule has 4 nitrogen and oxygen atoms in total. The fraction of sp³-hybridized carbons (Fsp3) is 0.368. The molecule has 0 aliphatic carbocycles.